The van der Waals surface area contributed by atoms with Gasteiger partial charge in [0, 0.05) is 24.2 Å². The van der Waals surface area contributed by atoms with E-state index in [2.05, 4.69) is 9.97 Å². The standard InChI is InChI=1S/C13H11FN2O2/c1-2-18-13(17)10-7-11(14)12(16-8-10)9-3-5-15-6-4-9/h3-8H,2H2,1H3. The number of aromatic nitrogens is 2. The normalized spacial score (nSPS) is 10.1. The van der Waals surface area contributed by atoms with Crippen LogP contribution in [0.4, 0.5) is 4.39 Å². The van der Waals surface area contributed by atoms with E-state index >= 15 is 0 Å². The predicted octanol–water partition coefficient (Wildman–Crippen LogP) is 2.46. The van der Waals surface area contributed by atoms with Gasteiger partial charge in [-0.1, -0.05) is 0 Å². The monoisotopic (exact) mass is 246 g/mol. The van der Waals surface area contributed by atoms with E-state index in [0.717, 1.165) is 6.07 Å². The lowest BCUT2D eigenvalue weighted by Crippen LogP contribution is -2.06. The molecule has 0 saturated carbocycles. The Balaban J connectivity index is 2.34. The van der Waals surface area contributed by atoms with Crippen LogP contribution in [0.15, 0.2) is 36.8 Å². The maximum Gasteiger partial charge on any atom is 0.339 e. The first kappa shape index (κ1) is 12.2. The van der Waals surface area contributed by atoms with Crippen molar-refractivity contribution in [3.05, 3.63) is 48.2 Å². The third kappa shape index (κ3) is 2.51. The van der Waals surface area contributed by atoms with E-state index in [0.29, 0.717) is 5.56 Å². The van der Waals surface area contributed by atoms with E-state index in [9.17, 15) is 9.18 Å². The molecule has 0 aliphatic rings. The molecular formula is C13H11FN2O2. The zero-order valence-corrected chi connectivity index (χ0v) is 9.76. The Morgan fingerprint density at radius 3 is 2.72 bits per heavy atom. The van der Waals surface area contributed by atoms with Crippen LogP contribution in [0.3, 0.4) is 0 Å². The van der Waals surface area contributed by atoms with Gasteiger partial charge in [0.2, 0.25) is 0 Å². The van der Waals surface area contributed by atoms with E-state index in [-0.39, 0.29) is 17.9 Å². The molecule has 0 saturated heterocycles. The summed E-state index contributed by atoms with van der Waals surface area (Å²) in [4.78, 5) is 19.2. The quantitative estimate of drug-likeness (QED) is 0.780. The number of hydrogen-bond donors (Lipinski definition) is 0. The van der Waals surface area contributed by atoms with Gasteiger partial charge in [-0.25, -0.2) is 9.18 Å². The van der Waals surface area contributed by atoms with Crippen molar-refractivity contribution in [2.75, 3.05) is 6.61 Å². The van der Waals surface area contributed by atoms with E-state index in [4.69, 9.17) is 4.74 Å². The third-order valence-electron chi connectivity index (χ3n) is 2.31. The topological polar surface area (TPSA) is 52.1 Å². The van der Waals surface area contributed by atoms with Crippen LogP contribution >= 0.6 is 0 Å². The van der Waals surface area contributed by atoms with E-state index < -0.39 is 11.8 Å². The van der Waals surface area contributed by atoms with Crippen molar-refractivity contribution in [2.45, 2.75) is 6.92 Å². The molecule has 0 amide bonds. The summed E-state index contributed by atoms with van der Waals surface area (Å²) < 4.78 is 18.6. The molecule has 0 fully saturated rings. The second-order valence-corrected chi connectivity index (χ2v) is 3.51. The van der Waals surface area contributed by atoms with Crippen LogP contribution in [0.25, 0.3) is 11.3 Å². The summed E-state index contributed by atoms with van der Waals surface area (Å²) in [7, 11) is 0. The first-order valence-electron chi connectivity index (χ1n) is 5.45. The minimum Gasteiger partial charge on any atom is -0.462 e. The molecule has 0 aliphatic heterocycles. The molecule has 2 heterocycles. The van der Waals surface area contributed by atoms with Gasteiger partial charge < -0.3 is 4.74 Å². The van der Waals surface area contributed by atoms with E-state index in [1.54, 1.807) is 31.5 Å². The highest BCUT2D eigenvalue weighted by Crippen LogP contribution is 2.20. The lowest BCUT2D eigenvalue weighted by Gasteiger charge is -2.05. The minimum atomic E-state index is -0.579. The van der Waals surface area contributed by atoms with Gasteiger partial charge in [-0.2, -0.15) is 0 Å². The fourth-order valence-electron chi connectivity index (χ4n) is 1.49. The average Bonchev–Trinajstić information content (AvgIpc) is 2.40. The molecular weight excluding hydrogens is 235 g/mol. The SMILES string of the molecule is CCOC(=O)c1cnc(-c2ccncc2)c(F)c1. The Hall–Kier alpha value is -2.30. The molecule has 18 heavy (non-hydrogen) atoms. The first-order valence-corrected chi connectivity index (χ1v) is 5.45. The van der Waals surface area contributed by atoms with Gasteiger partial charge >= 0.3 is 5.97 Å². The summed E-state index contributed by atoms with van der Waals surface area (Å²) in [5.41, 5.74) is 0.899. The van der Waals surface area contributed by atoms with Gasteiger partial charge in [-0.15, -0.1) is 0 Å². The number of pyridine rings is 2. The van der Waals surface area contributed by atoms with Gasteiger partial charge in [0.05, 0.1) is 12.2 Å². The molecule has 2 aromatic heterocycles. The van der Waals surface area contributed by atoms with Gasteiger partial charge in [0.15, 0.2) is 0 Å². The minimum absolute atomic E-state index is 0.104. The molecule has 0 atom stereocenters. The fraction of sp³-hybridized carbons (Fsp3) is 0.154. The molecule has 0 aliphatic carbocycles. The summed E-state index contributed by atoms with van der Waals surface area (Å²) in [6.45, 7) is 1.93. The second-order valence-electron chi connectivity index (χ2n) is 3.51. The van der Waals surface area contributed by atoms with Crippen molar-refractivity contribution in [2.24, 2.45) is 0 Å². The van der Waals surface area contributed by atoms with Crippen molar-refractivity contribution in [1.29, 1.82) is 0 Å². The Labute approximate surface area is 103 Å². The van der Waals surface area contributed by atoms with E-state index in [1.807, 2.05) is 0 Å². The summed E-state index contributed by atoms with van der Waals surface area (Å²) >= 11 is 0. The smallest absolute Gasteiger partial charge is 0.339 e. The molecule has 92 valence electrons. The largest absolute Gasteiger partial charge is 0.462 e. The maximum atomic E-state index is 13.8. The molecule has 0 radical (unpaired) electrons. The molecule has 0 bridgehead atoms. The van der Waals surface area contributed by atoms with Crippen molar-refractivity contribution < 1.29 is 13.9 Å². The van der Waals surface area contributed by atoms with Gasteiger partial charge in [-0.05, 0) is 25.1 Å². The number of hydrogen-bond acceptors (Lipinski definition) is 4. The maximum absolute atomic E-state index is 13.8. The highest BCUT2D eigenvalue weighted by atomic mass is 19.1. The number of nitrogens with zero attached hydrogens (tertiary/aromatic N) is 2. The van der Waals surface area contributed by atoms with Crippen LogP contribution < -0.4 is 0 Å². The lowest BCUT2D eigenvalue weighted by molar-refractivity contribution is 0.0525. The highest BCUT2D eigenvalue weighted by Gasteiger charge is 2.12. The molecule has 0 spiro atoms. The number of ether oxygens (including phenoxy) is 1. The average molecular weight is 246 g/mol. The Bertz CT molecular complexity index is 558. The summed E-state index contributed by atoms with van der Waals surface area (Å²) in [6, 6.07) is 4.42. The second kappa shape index (κ2) is 5.35. The van der Waals surface area contributed by atoms with Gasteiger partial charge in [0.25, 0.3) is 0 Å². The molecule has 0 N–H and O–H groups in total. The van der Waals surface area contributed by atoms with Crippen molar-refractivity contribution in [3.8, 4) is 11.3 Å². The number of carbonyl (C=O) groups is 1. The van der Waals surface area contributed by atoms with Crippen LogP contribution in [0, 0.1) is 5.82 Å². The Morgan fingerprint density at radius 1 is 1.39 bits per heavy atom. The summed E-state index contributed by atoms with van der Waals surface area (Å²) in [6.07, 6.45) is 4.41. The van der Waals surface area contributed by atoms with Crippen LogP contribution in [-0.2, 0) is 4.74 Å². The summed E-state index contributed by atoms with van der Waals surface area (Å²) in [5, 5.41) is 0. The zero-order chi connectivity index (χ0) is 13.0. The third-order valence-corrected chi connectivity index (χ3v) is 2.31. The van der Waals surface area contributed by atoms with Gasteiger partial charge in [-0.3, -0.25) is 9.97 Å². The van der Waals surface area contributed by atoms with Crippen LogP contribution in [0.2, 0.25) is 0 Å². The van der Waals surface area contributed by atoms with Crippen LogP contribution in [0.5, 0.6) is 0 Å². The van der Waals surface area contributed by atoms with Crippen LogP contribution in [0.1, 0.15) is 17.3 Å². The molecule has 2 rings (SSSR count). The Kier molecular flexibility index (Phi) is 3.62. The number of carbonyl (C=O) groups excluding carboxylic acids is 1. The summed E-state index contributed by atoms with van der Waals surface area (Å²) in [5.74, 6) is -1.14. The van der Waals surface area contributed by atoms with Crippen molar-refractivity contribution in [1.82, 2.24) is 9.97 Å². The highest BCUT2D eigenvalue weighted by molar-refractivity contribution is 5.89. The number of esters is 1. The van der Waals surface area contributed by atoms with Crippen molar-refractivity contribution in [3.63, 3.8) is 0 Å². The fourth-order valence-corrected chi connectivity index (χ4v) is 1.49. The van der Waals surface area contributed by atoms with Crippen LogP contribution in [-0.4, -0.2) is 22.5 Å². The Morgan fingerprint density at radius 2 is 2.11 bits per heavy atom. The predicted molar refractivity (Wildman–Crippen MR) is 63.4 cm³/mol. The molecule has 0 unspecified atom stereocenters. The zero-order valence-electron chi connectivity index (χ0n) is 9.76. The number of rotatable bonds is 3. The first-order chi connectivity index (χ1) is 8.72. The molecule has 0 aromatic carbocycles. The molecule has 4 nitrogen and oxygen atoms in total. The van der Waals surface area contributed by atoms with E-state index in [1.165, 1.54) is 6.20 Å². The number of halogens is 1. The van der Waals surface area contributed by atoms with Gasteiger partial charge in [0.1, 0.15) is 11.5 Å². The molecule has 2 aromatic rings. The molecule has 5 heteroatoms. The lowest BCUT2D eigenvalue weighted by atomic mass is 10.1. The van der Waals surface area contributed by atoms with Crippen molar-refractivity contribution >= 4 is 5.97 Å².